The molecular weight excluding hydrogens is 913 g/mol. The Morgan fingerprint density at radius 1 is 0.361 bits per heavy atom. The molecule has 12 heteroatoms. The van der Waals surface area contributed by atoms with Crippen LogP contribution in [-0.2, 0) is 18.9 Å². The van der Waals surface area contributed by atoms with E-state index in [1.54, 1.807) is 97.1 Å². The number of epoxide rings is 2. The first kappa shape index (κ1) is 47.4. The molecule has 0 aliphatic carbocycles. The summed E-state index contributed by atoms with van der Waals surface area (Å²) in [6.45, 7) is 3.12. The van der Waals surface area contributed by atoms with E-state index in [0.717, 1.165) is 81.4 Å². The van der Waals surface area contributed by atoms with Crippen LogP contribution >= 0.6 is 0 Å². The second-order valence-electron chi connectivity index (χ2n) is 17.6. The lowest BCUT2D eigenvalue weighted by Gasteiger charge is -2.09. The lowest BCUT2D eigenvalue weighted by atomic mass is 10.0. The average Bonchev–Trinajstić information content (AvgIpc) is 4.38. The summed E-state index contributed by atoms with van der Waals surface area (Å²) in [4.78, 5) is 51.7. The van der Waals surface area contributed by atoms with Gasteiger partial charge in [-0.2, -0.15) is 0 Å². The molecule has 0 bridgehead atoms. The van der Waals surface area contributed by atoms with E-state index in [1.807, 2.05) is 72.8 Å². The van der Waals surface area contributed by atoms with Gasteiger partial charge in [0.2, 0.25) is 0 Å². The molecule has 2 heterocycles. The zero-order valence-electron chi connectivity index (χ0n) is 39.3. The Bertz CT molecular complexity index is 2990. The van der Waals surface area contributed by atoms with Crippen LogP contribution in [0.3, 0.4) is 0 Å². The summed E-state index contributed by atoms with van der Waals surface area (Å²) in [5.74, 6) is 0.565. The third-order valence-electron chi connectivity index (χ3n) is 12.3. The van der Waals surface area contributed by atoms with Crippen molar-refractivity contribution >= 4 is 45.4 Å². The quantitative estimate of drug-likeness (QED) is 0.0292. The molecule has 0 N–H and O–H groups in total. The van der Waals surface area contributed by atoms with Gasteiger partial charge < -0.3 is 37.9 Å². The molecule has 362 valence electrons. The van der Waals surface area contributed by atoms with Crippen LogP contribution < -0.4 is 18.9 Å². The van der Waals surface area contributed by atoms with Crippen molar-refractivity contribution in [2.24, 2.45) is 0 Å². The fourth-order valence-electron chi connectivity index (χ4n) is 8.01. The van der Waals surface area contributed by atoms with Gasteiger partial charge in [0.1, 0.15) is 48.4 Å². The Balaban J connectivity index is 0.610. The SMILES string of the molecule is O=C(OCCCCCCOC(=O)c1ccc2cc(OC(=O)c3ccc(-c4ccc(OCC5CO5)cc4)cc3)ccc2c1)c1ccc2cc(OC(=O)c3ccc(-c4ccc(OCC5CO5)cc4)cc3)ccc2c1. The topological polar surface area (TPSA) is 149 Å². The minimum absolute atomic E-state index is 0.196. The second kappa shape index (κ2) is 22.2. The Morgan fingerprint density at radius 3 is 1.06 bits per heavy atom. The molecule has 72 heavy (non-hydrogen) atoms. The zero-order chi connectivity index (χ0) is 49.2. The molecule has 8 aromatic rings. The molecule has 2 saturated heterocycles. The second-order valence-corrected chi connectivity index (χ2v) is 17.6. The first-order valence-corrected chi connectivity index (χ1v) is 24.0. The van der Waals surface area contributed by atoms with E-state index in [0.29, 0.717) is 59.8 Å². The molecule has 8 aromatic carbocycles. The molecule has 12 nitrogen and oxygen atoms in total. The Kier molecular flexibility index (Phi) is 14.6. The summed E-state index contributed by atoms with van der Waals surface area (Å²) in [5.41, 5.74) is 5.62. The van der Waals surface area contributed by atoms with Crippen LogP contribution in [0.4, 0.5) is 0 Å². The molecule has 2 unspecified atom stereocenters. The van der Waals surface area contributed by atoms with Crippen LogP contribution in [0.25, 0.3) is 43.8 Å². The molecule has 0 spiro atoms. The highest BCUT2D eigenvalue weighted by Crippen LogP contribution is 2.29. The smallest absolute Gasteiger partial charge is 0.343 e. The number of carbonyl (C=O) groups excluding carboxylic acids is 4. The highest BCUT2D eigenvalue weighted by molar-refractivity contribution is 5.98. The molecule has 0 radical (unpaired) electrons. The van der Waals surface area contributed by atoms with Crippen molar-refractivity contribution in [1.29, 1.82) is 0 Å². The number of rotatable bonds is 21. The number of ether oxygens (including phenoxy) is 8. The van der Waals surface area contributed by atoms with Crippen LogP contribution in [-0.4, -0.2) is 75.7 Å². The molecule has 0 saturated carbocycles. The highest BCUT2D eigenvalue weighted by Gasteiger charge is 2.24. The third kappa shape index (κ3) is 12.5. The van der Waals surface area contributed by atoms with Crippen molar-refractivity contribution in [1.82, 2.24) is 0 Å². The minimum atomic E-state index is -0.474. The van der Waals surface area contributed by atoms with E-state index in [1.165, 1.54) is 0 Å². The van der Waals surface area contributed by atoms with Crippen LogP contribution in [0.15, 0.2) is 170 Å². The fourth-order valence-corrected chi connectivity index (χ4v) is 8.01. The minimum Gasteiger partial charge on any atom is -0.491 e. The van der Waals surface area contributed by atoms with Gasteiger partial charge in [0, 0.05) is 0 Å². The van der Waals surface area contributed by atoms with E-state index in [2.05, 4.69) is 0 Å². The Labute approximate surface area is 415 Å². The third-order valence-corrected chi connectivity index (χ3v) is 12.3. The normalized spacial score (nSPS) is 14.6. The maximum atomic E-state index is 13.0. The van der Waals surface area contributed by atoms with E-state index >= 15 is 0 Å². The molecule has 0 amide bonds. The van der Waals surface area contributed by atoms with Gasteiger partial charge in [-0.1, -0.05) is 72.8 Å². The first-order chi connectivity index (χ1) is 35.3. The number of esters is 4. The van der Waals surface area contributed by atoms with Crippen LogP contribution in [0.1, 0.15) is 67.1 Å². The van der Waals surface area contributed by atoms with Crippen molar-refractivity contribution in [3.8, 4) is 45.3 Å². The van der Waals surface area contributed by atoms with Gasteiger partial charge in [0.05, 0.1) is 48.7 Å². The summed E-state index contributed by atoms with van der Waals surface area (Å²) in [7, 11) is 0. The van der Waals surface area contributed by atoms with Gasteiger partial charge in [-0.25, -0.2) is 19.2 Å². The monoisotopic (exact) mass is 962 g/mol. The van der Waals surface area contributed by atoms with Gasteiger partial charge in [0.25, 0.3) is 0 Å². The van der Waals surface area contributed by atoms with E-state index < -0.39 is 23.9 Å². The van der Waals surface area contributed by atoms with Crippen molar-refractivity contribution in [2.75, 3.05) is 39.6 Å². The highest BCUT2D eigenvalue weighted by atomic mass is 16.6. The van der Waals surface area contributed by atoms with Crippen molar-refractivity contribution in [3.05, 3.63) is 192 Å². The largest absolute Gasteiger partial charge is 0.491 e. The first-order valence-electron chi connectivity index (χ1n) is 24.0. The summed E-state index contributed by atoms with van der Waals surface area (Å²) in [6, 6.07) is 51.1. The molecule has 2 aliphatic rings. The average molecular weight is 963 g/mol. The lowest BCUT2D eigenvalue weighted by Crippen LogP contribution is -2.08. The predicted octanol–water partition coefficient (Wildman–Crippen LogP) is 11.9. The molecule has 0 aromatic heterocycles. The van der Waals surface area contributed by atoms with Gasteiger partial charge in [-0.3, -0.25) is 0 Å². The molecule has 2 fully saturated rings. The molecule has 10 rings (SSSR count). The molecular formula is C60H50O12. The van der Waals surface area contributed by atoms with Crippen molar-refractivity contribution in [3.63, 3.8) is 0 Å². The predicted molar refractivity (Wildman–Crippen MR) is 271 cm³/mol. The standard InChI is InChI=1S/C60H50O12/c61-57(49-15-13-47-33-53(27-21-45(47)31-49)71-59(63)43-9-5-39(6-10-43)41-17-23-51(24-18-41)67-35-55-37-69-55)65-29-3-1-2-4-30-66-58(62)50-16-14-48-34-54(28-22-46(48)32-50)72-60(64)44-11-7-40(8-12-44)42-19-25-52(26-20-42)68-36-56-38-70-56/h5-28,31-34,55-56H,1-4,29-30,35-38H2. The number of unbranched alkanes of at least 4 members (excludes halogenated alkanes) is 3. The van der Waals surface area contributed by atoms with Crippen LogP contribution in [0, 0.1) is 0 Å². The Morgan fingerprint density at radius 2 is 0.681 bits per heavy atom. The fraction of sp³-hybridized carbons (Fsp3) is 0.200. The summed E-state index contributed by atoms with van der Waals surface area (Å²) < 4.78 is 44.3. The zero-order valence-corrected chi connectivity index (χ0v) is 39.3. The summed E-state index contributed by atoms with van der Waals surface area (Å²) in [5, 5.41) is 3.23. The number of hydrogen-bond donors (Lipinski definition) is 0. The van der Waals surface area contributed by atoms with Crippen molar-refractivity contribution in [2.45, 2.75) is 37.9 Å². The summed E-state index contributed by atoms with van der Waals surface area (Å²) >= 11 is 0. The molecule has 2 aliphatic heterocycles. The van der Waals surface area contributed by atoms with Crippen LogP contribution in [0.5, 0.6) is 23.0 Å². The lowest BCUT2D eigenvalue weighted by molar-refractivity contribution is 0.0474. The maximum absolute atomic E-state index is 13.0. The summed E-state index contributed by atoms with van der Waals surface area (Å²) in [6.07, 6.45) is 3.32. The van der Waals surface area contributed by atoms with E-state index in [9.17, 15) is 19.2 Å². The maximum Gasteiger partial charge on any atom is 0.343 e. The van der Waals surface area contributed by atoms with Crippen LogP contribution in [0.2, 0.25) is 0 Å². The number of fused-ring (bicyclic) bond motifs is 2. The van der Waals surface area contributed by atoms with E-state index in [4.69, 9.17) is 37.9 Å². The van der Waals surface area contributed by atoms with Gasteiger partial charge in [0.15, 0.2) is 0 Å². The molecule has 2 atom stereocenters. The Hall–Kier alpha value is -8.32. The number of carbonyl (C=O) groups is 4. The number of hydrogen-bond acceptors (Lipinski definition) is 12. The van der Waals surface area contributed by atoms with Crippen molar-refractivity contribution < 1.29 is 57.1 Å². The van der Waals surface area contributed by atoms with Gasteiger partial charge >= 0.3 is 23.9 Å². The van der Waals surface area contributed by atoms with E-state index in [-0.39, 0.29) is 25.4 Å². The van der Waals surface area contributed by atoms with Gasteiger partial charge in [-0.15, -0.1) is 0 Å². The van der Waals surface area contributed by atoms with Gasteiger partial charge in [-0.05, 0) is 167 Å². The number of benzene rings is 8.